The van der Waals surface area contributed by atoms with Crippen molar-refractivity contribution in [1.29, 1.82) is 0 Å². The summed E-state index contributed by atoms with van der Waals surface area (Å²) in [7, 11) is 1.49. The van der Waals surface area contributed by atoms with Crippen molar-refractivity contribution in [2.45, 2.75) is 6.10 Å². The molecule has 0 saturated heterocycles. The highest BCUT2D eigenvalue weighted by Gasteiger charge is 2.34. The van der Waals surface area contributed by atoms with Gasteiger partial charge in [-0.1, -0.05) is 30.3 Å². The zero-order valence-corrected chi connectivity index (χ0v) is 12.6. The maximum absolute atomic E-state index is 12.4. The lowest BCUT2D eigenvalue weighted by Crippen LogP contribution is -2.05. The highest BCUT2D eigenvalue weighted by Crippen LogP contribution is 2.39. The number of carbonyl (C=O) groups excluding carboxylic acids is 1. The van der Waals surface area contributed by atoms with E-state index in [1.165, 1.54) is 19.2 Å². The maximum atomic E-state index is 12.4. The monoisotopic (exact) mass is 307 g/mol. The van der Waals surface area contributed by atoms with E-state index in [4.69, 9.17) is 9.47 Å². The number of ether oxygens (including phenoxy) is 2. The molecule has 0 aromatic heterocycles. The van der Waals surface area contributed by atoms with Crippen LogP contribution in [0, 0.1) is 6.92 Å². The van der Waals surface area contributed by atoms with Gasteiger partial charge in [-0.2, -0.15) is 0 Å². The molecule has 2 aromatic carbocycles. The van der Waals surface area contributed by atoms with Crippen molar-refractivity contribution in [3.63, 3.8) is 0 Å². The van der Waals surface area contributed by atoms with Gasteiger partial charge in [-0.15, -0.1) is 0 Å². The first-order chi connectivity index (χ1) is 11.1. The molecule has 1 atom stereocenters. The summed E-state index contributed by atoms with van der Waals surface area (Å²) >= 11 is 0. The van der Waals surface area contributed by atoms with Gasteiger partial charge in [0.1, 0.15) is 11.9 Å². The molecule has 0 spiro atoms. The standard InChI is InChI=1S/C19H15O4/c1-12-17(13-6-4-3-5-7-13)18(19(21)23-12)15-10-8-14(20)9-11-16(15)22-2/h3-12H,1H2,2H3. The van der Waals surface area contributed by atoms with Gasteiger partial charge in [-0.05, 0) is 36.8 Å². The number of hydrogen-bond donors (Lipinski definition) is 0. The van der Waals surface area contributed by atoms with Gasteiger partial charge in [0.15, 0.2) is 5.43 Å². The van der Waals surface area contributed by atoms with Gasteiger partial charge < -0.3 is 9.47 Å². The van der Waals surface area contributed by atoms with E-state index >= 15 is 0 Å². The minimum atomic E-state index is -0.609. The van der Waals surface area contributed by atoms with Crippen LogP contribution in [-0.4, -0.2) is 19.2 Å². The summed E-state index contributed by atoms with van der Waals surface area (Å²) in [6.45, 7) is 3.91. The quantitative estimate of drug-likeness (QED) is 0.818. The number of hydrogen-bond acceptors (Lipinski definition) is 4. The fourth-order valence-corrected chi connectivity index (χ4v) is 2.66. The molecule has 0 saturated carbocycles. The van der Waals surface area contributed by atoms with Gasteiger partial charge >= 0.3 is 5.97 Å². The van der Waals surface area contributed by atoms with Gasteiger partial charge in [0.25, 0.3) is 0 Å². The number of esters is 1. The Balaban J connectivity index is 2.31. The molecule has 1 aliphatic heterocycles. The fraction of sp³-hybridized carbons (Fsp3) is 0.105. The molecule has 4 nitrogen and oxygen atoms in total. The third-order valence-corrected chi connectivity index (χ3v) is 3.70. The zero-order valence-electron chi connectivity index (χ0n) is 12.6. The summed E-state index contributed by atoms with van der Waals surface area (Å²) in [5, 5.41) is 0. The van der Waals surface area contributed by atoms with E-state index in [1.807, 2.05) is 30.3 Å². The summed E-state index contributed by atoms with van der Waals surface area (Å²) < 4.78 is 10.6. The number of cyclic esters (lactones) is 1. The van der Waals surface area contributed by atoms with Gasteiger partial charge in [0.05, 0.1) is 12.7 Å². The molecule has 1 radical (unpaired) electrons. The molecule has 23 heavy (non-hydrogen) atoms. The van der Waals surface area contributed by atoms with Crippen molar-refractivity contribution in [1.82, 2.24) is 0 Å². The van der Waals surface area contributed by atoms with Crippen molar-refractivity contribution >= 4 is 17.1 Å². The fourth-order valence-electron chi connectivity index (χ4n) is 2.66. The molecular weight excluding hydrogens is 292 g/mol. The smallest absolute Gasteiger partial charge is 0.339 e. The van der Waals surface area contributed by atoms with Crippen LogP contribution < -0.4 is 10.2 Å². The predicted octanol–water partition coefficient (Wildman–Crippen LogP) is 2.73. The van der Waals surface area contributed by atoms with Gasteiger partial charge in [-0.25, -0.2) is 4.79 Å². The first-order valence-corrected chi connectivity index (χ1v) is 7.14. The average Bonchev–Trinajstić information content (AvgIpc) is 2.73. The number of methoxy groups -OCH3 is 1. The SMILES string of the molecule is [CH2]C1OC(=O)C(c2ccc(=O)ccc2OC)=C1c1ccccc1. The summed E-state index contributed by atoms with van der Waals surface area (Å²) in [6, 6.07) is 15.4. The minimum absolute atomic E-state index is 0.172. The van der Waals surface area contributed by atoms with Crippen LogP contribution in [0.25, 0.3) is 11.1 Å². The first-order valence-electron chi connectivity index (χ1n) is 7.14. The number of rotatable bonds is 3. The highest BCUT2D eigenvalue weighted by atomic mass is 16.5. The van der Waals surface area contributed by atoms with Crippen LogP contribution in [0.1, 0.15) is 11.1 Å². The molecule has 0 bridgehead atoms. The summed E-state index contributed by atoms with van der Waals surface area (Å²) in [5.41, 5.74) is 2.26. The Hall–Kier alpha value is -2.88. The minimum Gasteiger partial charge on any atom is -0.496 e. The normalized spacial score (nSPS) is 17.1. The van der Waals surface area contributed by atoms with E-state index in [9.17, 15) is 9.59 Å². The average molecular weight is 307 g/mol. The lowest BCUT2D eigenvalue weighted by Gasteiger charge is -2.09. The third kappa shape index (κ3) is 2.75. The molecule has 1 unspecified atom stereocenters. The Bertz CT molecular complexity index is 837. The first kappa shape index (κ1) is 15.0. The molecule has 1 aliphatic rings. The molecule has 1 heterocycles. The molecule has 0 amide bonds. The summed E-state index contributed by atoms with van der Waals surface area (Å²) in [4.78, 5) is 24.0. The molecule has 2 aromatic rings. The lowest BCUT2D eigenvalue weighted by molar-refractivity contribution is -0.136. The van der Waals surface area contributed by atoms with Crippen molar-refractivity contribution in [3.8, 4) is 5.75 Å². The predicted molar refractivity (Wildman–Crippen MR) is 87.8 cm³/mol. The Morgan fingerprint density at radius 1 is 1.00 bits per heavy atom. The Morgan fingerprint density at radius 2 is 1.70 bits per heavy atom. The molecule has 4 heteroatoms. The second kappa shape index (κ2) is 6.08. The molecule has 0 N–H and O–H groups in total. The molecule has 115 valence electrons. The van der Waals surface area contributed by atoms with Crippen molar-refractivity contribution in [3.05, 3.63) is 82.9 Å². The number of carbonyl (C=O) groups is 1. The Morgan fingerprint density at radius 3 is 2.39 bits per heavy atom. The van der Waals surface area contributed by atoms with Gasteiger partial charge in [0.2, 0.25) is 0 Å². The maximum Gasteiger partial charge on any atom is 0.339 e. The zero-order chi connectivity index (χ0) is 16.4. The second-order valence-corrected chi connectivity index (χ2v) is 5.10. The largest absolute Gasteiger partial charge is 0.496 e. The van der Waals surface area contributed by atoms with Gasteiger partial charge in [0, 0.05) is 11.1 Å². The van der Waals surface area contributed by atoms with Crippen molar-refractivity contribution < 1.29 is 14.3 Å². The van der Waals surface area contributed by atoms with E-state index in [0.29, 0.717) is 22.5 Å². The Labute approximate surface area is 134 Å². The third-order valence-electron chi connectivity index (χ3n) is 3.70. The van der Waals surface area contributed by atoms with E-state index < -0.39 is 12.1 Å². The van der Waals surface area contributed by atoms with Crippen molar-refractivity contribution in [2.24, 2.45) is 0 Å². The van der Waals surface area contributed by atoms with E-state index in [2.05, 4.69) is 6.92 Å². The van der Waals surface area contributed by atoms with Crippen LogP contribution in [0.2, 0.25) is 0 Å². The van der Waals surface area contributed by atoms with Crippen LogP contribution >= 0.6 is 0 Å². The lowest BCUT2D eigenvalue weighted by atomic mass is 9.94. The van der Waals surface area contributed by atoms with Crippen LogP contribution in [0.4, 0.5) is 0 Å². The Kier molecular flexibility index (Phi) is 3.98. The topological polar surface area (TPSA) is 52.6 Å². The van der Waals surface area contributed by atoms with Crippen LogP contribution in [0.5, 0.6) is 5.75 Å². The second-order valence-electron chi connectivity index (χ2n) is 5.10. The summed E-state index contributed by atoms with van der Waals surface area (Å²) in [6.07, 6.45) is -0.609. The van der Waals surface area contributed by atoms with Crippen molar-refractivity contribution in [2.75, 3.05) is 7.11 Å². The van der Waals surface area contributed by atoms with Crippen LogP contribution in [0.3, 0.4) is 0 Å². The highest BCUT2D eigenvalue weighted by molar-refractivity contribution is 6.28. The summed E-state index contributed by atoms with van der Waals surface area (Å²) in [5.74, 6) is -0.0395. The molecular formula is C19H15O4. The van der Waals surface area contributed by atoms with Crippen LogP contribution in [0.15, 0.2) is 59.4 Å². The van der Waals surface area contributed by atoms with Gasteiger partial charge in [-0.3, -0.25) is 4.79 Å². The van der Waals surface area contributed by atoms with E-state index in [-0.39, 0.29) is 5.43 Å². The van der Waals surface area contributed by atoms with E-state index in [1.54, 1.807) is 12.1 Å². The number of benzene rings is 1. The molecule has 3 rings (SSSR count). The molecule has 0 fully saturated rings. The van der Waals surface area contributed by atoms with Crippen LogP contribution in [-0.2, 0) is 9.53 Å². The van der Waals surface area contributed by atoms with E-state index in [0.717, 1.165) is 5.56 Å². The molecule has 0 aliphatic carbocycles.